The van der Waals surface area contributed by atoms with Gasteiger partial charge in [-0.3, -0.25) is 10.1 Å². The minimum atomic E-state index is -0.450. The van der Waals surface area contributed by atoms with Gasteiger partial charge in [0.25, 0.3) is 5.69 Å². The van der Waals surface area contributed by atoms with Gasteiger partial charge in [-0.05, 0) is 25.1 Å². The highest BCUT2D eigenvalue weighted by Gasteiger charge is 2.05. The van der Waals surface area contributed by atoms with E-state index in [1.165, 1.54) is 12.1 Å². The average Bonchev–Trinajstić information content (AvgIpc) is 2.29. The van der Waals surface area contributed by atoms with Crippen molar-refractivity contribution in [1.29, 1.82) is 0 Å². The Morgan fingerprint density at radius 3 is 2.47 bits per heavy atom. The van der Waals surface area contributed by atoms with Crippen LogP contribution in [0.1, 0.15) is 5.69 Å². The molecule has 0 spiro atoms. The molecule has 2 rings (SSSR count). The zero-order valence-corrected chi connectivity index (χ0v) is 9.16. The summed E-state index contributed by atoms with van der Waals surface area (Å²) in [5.74, 6) is 0.993. The van der Waals surface area contributed by atoms with Gasteiger partial charge in [0.2, 0.25) is 5.88 Å². The van der Waals surface area contributed by atoms with E-state index in [1.54, 1.807) is 18.2 Å². The average molecular weight is 230 g/mol. The summed E-state index contributed by atoms with van der Waals surface area (Å²) >= 11 is 0. The summed E-state index contributed by atoms with van der Waals surface area (Å²) in [6, 6.07) is 11.3. The second kappa shape index (κ2) is 4.61. The van der Waals surface area contributed by atoms with Crippen LogP contribution in [0.2, 0.25) is 0 Å². The molecule has 1 aromatic heterocycles. The van der Waals surface area contributed by atoms with Gasteiger partial charge >= 0.3 is 0 Å². The van der Waals surface area contributed by atoms with Crippen LogP contribution in [0.4, 0.5) is 5.69 Å². The lowest BCUT2D eigenvalue weighted by Crippen LogP contribution is -1.90. The lowest BCUT2D eigenvalue weighted by Gasteiger charge is -2.04. The number of pyridine rings is 1. The summed E-state index contributed by atoms with van der Waals surface area (Å²) in [6.07, 6.45) is 0. The number of hydrogen-bond donors (Lipinski definition) is 0. The van der Waals surface area contributed by atoms with Crippen LogP contribution in [-0.2, 0) is 0 Å². The summed E-state index contributed by atoms with van der Waals surface area (Å²) in [5, 5.41) is 10.5. The predicted octanol–water partition coefficient (Wildman–Crippen LogP) is 3.09. The molecule has 0 radical (unpaired) electrons. The number of rotatable bonds is 3. The van der Waals surface area contributed by atoms with Gasteiger partial charge in [0.15, 0.2) is 0 Å². The largest absolute Gasteiger partial charge is 0.439 e. The number of nitrogens with zero attached hydrogens (tertiary/aromatic N) is 2. The molecule has 0 saturated heterocycles. The van der Waals surface area contributed by atoms with Crippen LogP contribution in [0, 0.1) is 17.0 Å². The number of hydrogen-bond acceptors (Lipinski definition) is 4. The number of aryl methyl sites for hydroxylation is 1. The zero-order chi connectivity index (χ0) is 12.3. The highest BCUT2D eigenvalue weighted by molar-refractivity contribution is 5.37. The first kappa shape index (κ1) is 11.1. The molecule has 0 unspecified atom stereocenters. The number of nitro benzene ring substituents is 1. The van der Waals surface area contributed by atoms with Gasteiger partial charge in [-0.2, -0.15) is 0 Å². The van der Waals surface area contributed by atoms with Crippen molar-refractivity contribution in [1.82, 2.24) is 4.98 Å². The maximum Gasteiger partial charge on any atom is 0.269 e. The Hall–Kier alpha value is -2.43. The molecule has 0 aliphatic rings. The number of non-ortho nitro benzene ring substituents is 1. The molecule has 0 fully saturated rings. The van der Waals surface area contributed by atoms with Crippen molar-refractivity contribution >= 4 is 5.69 Å². The molecule has 17 heavy (non-hydrogen) atoms. The Morgan fingerprint density at radius 1 is 1.18 bits per heavy atom. The van der Waals surface area contributed by atoms with Crippen molar-refractivity contribution in [3.8, 4) is 11.6 Å². The minimum Gasteiger partial charge on any atom is -0.439 e. The molecule has 86 valence electrons. The Labute approximate surface area is 97.8 Å². The molecule has 0 bridgehead atoms. The van der Waals surface area contributed by atoms with Gasteiger partial charge in [0, 0.05) is 23.9 Å². The van der Waals surface area contributed by atoms with Gasteiger partial charge in [0.1, 0.15) is 5.75 Å². The fourth-order valence-electron chi connectivity index (χ4n) is 1.33. The molecule has 0 N–H and O–H groups in total. The number of aromatic nitrogens is 1. The third-order valence-electron chi connectivity index (χ3n) is 2.13. The van der Waals surface area contributed by atoms with E-state index >= 15 is 0 Å². The van der Waals surface area contributed by atoms with Gasteiger partial charge in [0.05, 0.1) is 4.92 Å². The van der Waals surface area contributed by atoms with E-state index in [0.29, 0.717) is 11.6 Å². The highest BCUT2D eigenvalue weighted by Crippen LogP contribution is 2.22. The monoisotopic (exact) mass is 230 g/mol. The lowest BCUT2D eigenvalue weighted by atomic mass is 10.3. The topological polar surface area (TPSA) is 65.3 Å². The molecule has 2 aromatic rings. The molecule has 0 aliphatic heterocycles. The highest BCUT2D eigenvalue weighted by atomic mass is 16.6. The molecule has 1 aromatic carbocycles. The van der Waals surface area contributed by atoms with Crippen LogP contribution in [0.3, 0.4) is 0 Å². The lowest BCUT2D eigenvalue weighted by molar-refractivity contribution is -0.384. The van der Waals surface area contributed by atoms with Crippen molar-refractivity contribution in [2.24, 2.45) is 0 Å². The van der Waals surface area contributed by atoms with Gasteiger partial charge in [-0.1, -0.05) is 6.07 Å². The Bertz CT molecular complexity index is 538. The summed E-state index contributed by atoms with van der Waals surface area (Å²) < 4.78 is 5.46. The van der Waals surface area contributed by atoms with Crippen molar-refractivity contribution in [2.75, 3.05) is 0 Å². The second-order valence-electron chi connectivity index (χ2n) is 3.47. The first-order valence-electron chi connectivity index (χ1n) is 5.01. The Kier molecular flexibility index (Phi) is 3.00. The molecule has 0 amide bonds. The maximum atomic E-state index is 10.5. The normalized spacial score (nSPS) is 9.94. The van der Waals surface area contributed by atoms with Gasteiger partial charge in [-0.25, -0.2) is 4.98 Å². The standard InChI is InChI=1S/C12H10N2O3/c1-9-3-2-4-12(13-9)17-11-7-5-10(6-8-11)14(15)16/h2-8H,1H3. The van der Waals surface area contributed by atoms with Crippen LogP contribution in [0.5, 0.6) is 11.6 Å². The quantitative estimate of drug-likeness (QED) is 0.600. The maximum absolute atomic E-state index is 10.5. The minimum absolute atomic E-state index is 0.0366. The molecule has 0 saturated carbocycles. The van der Waals surface area contributed by atoms with Crippen LogP contribution in [0.15, 0.2) is 42.5 Å². The van der Waals surface area contributed by atoms with E-state index < -0.39 is 4.92 Å². The Balaban J connectivity index is 2.16. The van der Waals surface area contributed by atoms with E-state index in [4.69, 9.17) is 4.74 Å². The second-order valence-corrected chi connectivity index (χ2v) is 3.47. The van der Waals surface area contributed by atoms with E-state index in [-0.39, 0.29) is 5.69 Å². The van der Waals surface area contributed by atoms with Crippen LogP contribution in [-0.4, -0.2) is 9.91 Å². The first-order chi connectivity index (χ1) is 8.15. The van der Waals surface area contributed by atoms with Crippen LogP contribution in [0.25, 0.3) is 0 Å². The molecular formula is C12H10N2O3. The smallest absolute Gasteiger partial charge is 0.269 e. The van der Waals surface area contributed by atoms with E-state index in [0.717, 1.165) is 5.69 Å². The van der Waals surface area contributed by atoms with Crippen molar-refractivity contribution in [3.05, 3.63) is 58.3 Å². The molecule has 1 heterocycles. The van der Waals surface area contributed by atoms with Crippen LogP contribution >= 0.6 is 0 Å². The Morgan fingerprint density at radius 2 is 1.88 bits per heavy atom. The van der Waals surface area contributed by atoms with E-state index in [1.807, 2.05) is 19.1 Å². The number of benzene rings is 1. The van der Waals surface area contributed by atoms with E-state index in [9.17, 15) is 10.1 Å². The van der Waals surface area contributed by atoms with Gasteiger partial charge in [-0.15, -0.1) is 0 Å². The third kappa shape index (κ3) is 2.78. The first-order valence-corrected chi connectivity index (χ1v) is 5.01. The SMILES string of the molecule is Cc1cccc(Oc2ccc([N+](=O)[O-])cc2)n1. The molecular weight excluding hydrogens is 220 g/mol. The fourth-order valence-corrected chi connectivity index (χ4v) is 1.33. The zero-order valence-electron chi connectivity index (χ0n) is 9.16. The fraction of sp³-hybridized carbons (Fsp3) is 0.0833. The summed E-state index contributed by atoms with van der Waals surface area (Å²) in [4.78, 5) is 14.2. The van der Waals surface area contributed by atoms with Gasteiger partial charge < -0.3 is 4.74 Å². The number of nitro groups is 1. The molecule has 5 nitrogen and oxygen atoms in total. The predicted molar refractivity (Wildman–Crippen MR) is 62.1 cm³/mol. The molecule has 0 aliphatic carbocycles. The summed E-state index contributed by atoms with van der Waals surface area (Å²) in [7, 11) is 0. The summed E-state index contributed by atoms with van der Waals surface area (Å²) in [5.41, 5.74) is 0.888. The van der Waals surface area contributed by atoms with Crippen molar-refractivity contribution in [2.45, 2.75) is 6.92 Å². The van der Waals surface area contributed by atoms with Crippen molar-refractivity contribution < 1.29 is 9.66 Å². The number of ether oxygens (including phenoxy) is 1. The molecule has 0 atom stereocenters. The van der Waals surface area contributed by atoms with Crippen molar-refractivity contribution in [3.63, 3.8) is 0 Å². The summed E-state index contributed by atoms with van der Waals surface area (Å²) in [6.45, 7) is 1.86. The third-order valence-corrected chi connectivity index (χ3v) is 2.13. The van der Waals surface area contributed by atoms with E-state index in [2.05, 4.69) is 4.98 Å². The van der Waals surface area contributed by atoms with Crippen LogP contribution < -0.4 is 4.74 Å². The molecule has 5 heteroatoms.